The smallest absolute Gasteiger partial charge is 0.254 e. The molecule has 0 atom stereocenters. The zero-order valence-electron chi connectivity index (χ0n) is 15.5. The number of hydrogen-bond donors (Lipinski definition) is 0. The van der Waals surface area contributed by atoms with Gasteiger partial charge in [-0.25, -0.2) is 4.98 Å². The van der Waals surface area contributed by atoms with E-state index in [-0.39, 0.29) is 5.91 Å². The Hall–Kier alpha value is -2.43. The first-order valence-electron chi connectivity index (χ1n) is 9.01. The largest absolute Gasteiger partial charge is 0.359 e. The highest BCUT2D eigenvalue weighted by atomic mass is 16.2. The van der Waals surface area contributed by atoms with Gasteiger partial charge in [0.25, 0.3) is 5.91 Å². The van der Waals surface area contributed by atoms with Crippen LogP contribution in [0.15, 0.2) is 42.9 Å². The van der Waals surface area contributed by atoms with Crippen molar-refractivity contribution in [1.82, 2.24) is 14.9 Å². The van der Waals surface area contributed by atoms with Crippen LogP contribution in [0.5, 0.6) is 0 Å². The Morgan fingerprint density at radius 3 is 2.32 bits per heavy atom. The van der Waals surface area contributed by atoms with E-state index in [1.54, 1.807) is 12.3 Å². The van der Waals surface area contributed by atoms with E-state index in [0.29, 0.717) is 5.56 Å². The number of amides is 1. The number of aromatic nitrogens is 2. The molecule has 5 nitrogen and oxygen atoms in total. The summed E-state index contributed by atoms with van der Waals surface area (Å²) in [5.74, 6) is 0.919. The molecule has 25 heavy (non-hydrogen) atoms. The van der Waals surface area contributed by atoms with E-state index >= 15 is 0 Å². The first-order valence-corrected chi connectivity index (χ1v) is 9.01. The molecule has 2 rings (SSSR count). The lowest BCUT2D eigenvalue weighted by atomic mass is 10.2. The quantitative estimate of drug-likeness (QED) is 0.702. The molecule has 0 aliphatic rings. The van der Waals surface area contributed by atoms with E-state index in [0.717, 1.165) is 44.7 Å². The monoisotopic (exact) mass is 340 g/mol. The maximum Gasteiger partial charge on any atom is 0.254 e. The van der Waals surface area contributed by atoms with Gasteiger partial charge in [-0.2, -0.15) is 0 Å². The van der Waals surface area contributed by atoms with Crippen LogP contribution in [0.2, 0.25) is 0 Å². The molecule has 0 aromatic carbocycles. The maximum absolute atomic E-state index is 12.8. The fraction of sp³-hybridized carbons (Fsp3) is 0.450. The highest BCUT2D eigenvalue weighted by Crippen LogP contribution is 2.14. The molecule has 0 aliphatic heterocycles. The second kappa shape index (κ2) is 9.77. The van der Waals surface area contributed by atoms with Crippen molar-refractivity contribution < 1.29 is 4.79 Å². The molecule has 0 N–H and O–H groups in total. The summed E-state index contributed by atoms with van der Waals surface area (Å²) in [7, 11) is 2.01. The van der Waals surface area contributed by atoms with E-state index in [4.69, 9.17) is 0 Å². The summed E-state index contributed by atoms with van der Waals surface area (Å²) in [6.07, 6.45) is 8.19. The lowest BCUT2D eigenvalue weighted by molar-refractivity contribution is 0.0755. The molecule has 0 saturated heterocycles. The maximum atomic E-state index is 12.8. The minimum absolute atomic E-state index is 0.0925. The van der Waals surface area contributed by atoms with Crippen LogP contribution in [0.1, 0.15) is 42.6 Å². The molecule has 0 saturated carbocycles. The number of carbonyl (C=O) groups is 1. The Balaban J connectivity index is 2.05. The molecule has 1 amide bonds. The molecule has 2 aromatic rings. The van der Waals surface area contributed by atoms with Gasteiger partial charge in [0.1, 0.15) is 5.82 Å². The topological polar surface area (TPSA) is 49.3 Å². The zero-order valence-corrected chi connectivity index (χ0v) is 15.5. The van der Waals surface area contributed by atoms with E-state index in [9.17, 15) is 4.79 Å². The lowest BCUT2D eigenvalue weighted by Crippen LogP contribution is -2.32. The predicted molar refractivity (Wildman–Crippen MR) is 102 cm³/mol. The Bertz CT molecular complexity index is 654. The van der Waals surface area contributed by atoms with Gasteiger partial charge in [0.15, 0.2) is 0 Å². The molecule has 5 heteroatoms. The molecule has 2 heterocycles. The Morgan fingerprint density at radius 1 is 1.00 bits per heavy atom. The minimum atomic E-state index is 0.0925. The molecular weight excluding hydrogens is 312 g/mol. The molecule has 0 radical (unpaired) electrons. The predicted octanol–water partition coefficient (Wildman–Crippen LogP) is 3.42. The number of likely N-dealkylation sites (N-methyl/N-ethyl adjacent to an activating group) is 1. The molecule has 0 fully saturated rings. The SMILES string of the molecule is CCCN(CCC)C(=O)c1ccnc(N(C)CCc2ccncc2)c1. The van der Waals surface area contributed by atoms with Gasteiger partial charge in [-0.15, -0.1) is 0 Å². The summed E-state index contributed by atoms with van der Waals surface area (Å²) in [5.41, 5.74) is 1.95. The highest BCUT2D eigenvalue weighted by molar-refractivity contribution is 5.94. The second-order valence-corrected chi connectivity index (χ2v) is 6.22. The average molecular weight is 340 g/mol. The Morgan fingerprint density at radius 2 is 1.68 bits per heavy atom. The van der Waals surface area contributed by atoms with Crippen LogP contribution in [0, 0.1) is 0 Å². The van der Waals surface area contributed by atoms with Gasteiger partial charge in [0, 0.05) is 50.8 Å². The third kappa shape index (κ3) is 5.55. The van der Waals surface area contributed by atoms with Gasteiger partial charge >= 0.3 is 0 Å². The summed E-state index contributed by atoms with van der Waals surface area (Å²) in [6, 6.07) is 7.75. The molecule has 2 aromatic heterocycles. The first kappa shape index (κ1) is 18.9. The summed E-state index contributed by atoms with van der Waals surface area (Å²) < 4.78 is 0. The minimum Gasteiger partial charge on any atom is -0.359 e. The third-order valence-electron chi connectivity index (χ3n) is 4.14. The highest BCUT2D eigenvalue weighted by Gasteiger charge is 2.15. The van der Waals surface area contributed by atoms with Crippen molar-refractivity contribution in [3.05, 3.63) is 54.0 Å². The number of pyridine rings is 2. The summed E-state index contributed by atoms with van der Waals surface area (Å²) in [5, 5.41) is 0. The molecule has 0 spiro atoms. The van der Waals surface area contributed by atoms with Crippen molar-refractivity contribution >= 4 is 11.7 Å². The van der Waals surface area contributed by atoms with Crippen LogP contribution in [-0.4, -0.2) is 47.5 Å². The van der Waals surface area contributed by atoms with Crippen LogP contribution in [0.4, 0.5) is 5.82 Å². The van der Waals surface area contributed by atoms with Gasteiger partial charge < -0.3 is 9.80 Å². The molecule has 0 bridgehead atoms. The van der Waals surface area contributed by atoms with Crippen LogP contribution in [-0.2, 0) is 6.42 Å². The average Bonchev–Trinajstić information content (AvgIpc) is 2.66. The molecule has 0 unspecified atom stereocenters. The number of nitrogens with zero attached hydrogens (tertiary/aromatic N) is 4. The van der Waals surface area contributed by atoms with Crippen molar-refractivity contribution in [2.45, 2.75) is 33.1 Å². The van der Waals surface area contributed by atoms with E-state index < -0.39 is 0 Å². The van der Waals surface area contributed by atoms with Crippen LogP contribution in [0.3, 0.4) is 0 Å². The van der Waals surface area contributed by atoms with E-state index in [1.165, 1.54) is 5.56 Å². The lowest BCUT2D eigenvalue weighted by Gasteiger charge is -2.23. The fourth-order valence-electron chi connectivity index (χ4n) is 2.76. The fourth-order valence-corrected chi connectivity index (χ4v) is 2.76. The first-order chi connectivity index (χ1) is 12.2. The summed E-state index contributed by atoms with van der Waals surface area (Å²) in [4.78, 5) is 25.2. The van der Waals surface area contributed by atoms with Crippen molar-refractivity contribution in [3.8, 4) is 0 Å². The van der Waals surface area contributed by atoms with Gasteiger partial charge in [-0.3, -0.25) is 9.78 Å². The third-order valence-corrected chi connectivity index (χ3v) is 4.14. The van der Waals surface area contributed by atoms with Gasteiger partial charge in [0.2, 0.25) is 0 Å². The van der Waals surface area contributed by atoms with Crippen molar-refractivity contribution in [2.75, 3.05) is 31.6 Å². The van der Waals surface area contributed by atoms with Crippen molar-refractivity contribution in [1.29, 1.82) is 0 Å². The Kier molecular flexibility index (Phi) is 7.38. The molecule has 0 aliphatic carbocycles. The van der Waals surface area contributed by atoms with Crippen molar-refractivity contribution in [2.24, 2.45) is 0 Å². The van der Waals surface area contributed by atoms with Crippen LogP contribution in [0.25, 0.3) is 0 Å². The van der Waals surface area contributed by atoms with Crippen molar-refractivity contribution in [3.63, 3.8) is 0 Å². The van der Waals surface area contributed by atoms with Gasteiger partial charge in [-0.1, -0.05) is 13.8 Å². The van der Waals surface area contributed by atoms with Crippen LogP contribution < -0.4 is 4.90 Å². The number of rotatable bonds is 9. The second-order valence-electron chi connectivity index (χ2n) is 6.22. The number of carbonyl (C=O) groups excluding carboxylic acids is 1. The standard InChI is InChI=1S/C20H28N4O/c1-4-13-24(14-5-2)20(25)18-8-12-22-19(16-18)23(3)15-9-17-6-10-21-11-7-17/h6-8,10-12,16H,4-5,9,13-15H2,1-3H3. The normalized spacial score (nSPS) is 10.5. The Labute approximate surface area is 150 Å². The molecular formula is C20H28N4O. The number of anilines is 1. The van der Waals surface area contributed by atoms with Gasteiger partial charge in [0.05, 0.1) is 0 Å². The molecule has 134 valence electrons. The number of hydrogen-bond acceptors (Lipinski definition) is 4. The summed E-state index contributed by atoms with van der Waals surface area (Å²) >= 11 is 0. The summed E-state index contributed by atoms with van der Waals surface area (Å²) in [6.45, 7) is 6.62. The van der Waals surface area contributed by atoms with E-state index in [1.807, 2.05) is 42.5 Å². The van der Waals surface area contributed by atoms with E-state index in [2.05, 4.69) is 28.7 Å². The zero-order chi connectivity index (χ0) is 18.1. The van der Waals surface area contributed by atoms with Gasteiger partial charge in [-0.05, 0) is 49.1 Å². The van der Waals surface area contributed by atoms with Crippen LogP contribution >= 0.6 is 0 Å².